The molecule has 3 heterocycles. The van der Waals surface area contributed by atoms with Crippen molar-refractivity contribution in [3.8, 4) is 0 Å². The highest BCUT2D eigenvalue weighted by Gasteiger charge is 2.21. The molecule has 0 aliphatic rings. The van der Waals surface area contributed by atoms with Crippen LogP contribution in [0.1, 0.15) is 31.3 Å². The first-order valence-corrected chi connectivity index (χ1v) is 7.55. The van der Waals surface area contributed by atoms with Crippen LogP contribution in [0.4, 0.5) is 0 Å². The number of nitrogens with zero attached hydrogens (tertiary/aromatic N) is 4. The molecule has 0 saturated carbocycles. The molecular weight excluding hydrogens is 308 g/mol. The highest BCUT2D eigenvalue weighted by atomic mass is 16.5. The van der Waals surface area contributed by atoms with Gasteiger partial charge in [0, 0.05) is 35.1 Å². The fourth-order valence-electron chi connectivity index (χ4n) is 2.66. The lowest BCUT2D eigenvalue weighted by molar-refractivity contribution is -0.124. The van der Waals surface area contributed by atoms with Gasteiger partial charge in [0.25, 0.3) is 5.91 Å². The van der Waals surface area contributed by atoms with E-state index in [2.05, 4.69) is 40.2 Å². The summed E-state index contributed by atoms with van der Waals surface area (Å²) in [5.74, 6) is -0.349. The van der Waals surface area contributed by atoms with E-state index in [9.17, 15) is 4.79 Å². The first-order valence-electron chi connectivity index (χ1n) is 7.55. The van der Waals surface area contributed by atoms with Gasteiger partial charge in [-0.05, 0) is 24.1 Å². The minimum absolute atomic E-state index is 0.0290. The first kappa shape index (κ1) is 15.9. The number of fused-ring (bicyclic) bond motifs is 1. The zero-order valence-corrected chi connectivity index (χ0v) is 13.3. The second kappa shape index (κ2) is 6.63. The Bertz CT molecular complexity index is 846. The van der Waals surface area contributed by atoms with Crippen LogP contribution in [0.25, 0.3) is 17.0 Å². The molecule has 8 heteroatoms. The summed E-state index contributed by atoms with van der Waals surface area (Å²) in [5.41, 5.74) is 4.10. The van der Waals surface area contributed by atoms with Crippen molar-refractivity contribution in [3.63, 3.8) is 0 Å². The van der Waals surface area contributed by atoms with E-state index in [0.29, 0.717) is 5.69 Å². The van der Waals surface area contributed by atoms with Gasteiger partial charge in [0.1, 0.15) is 5.69 Å². The quantitative estimate of drug-likeness (QED) is 0.377. The molecule has 24 heavy (non-hydrogen) atoms. The molecule has 3 N–H and O–H groups in total. The molecule has 0 aliphatic carbocycles. The average molecular weight is 326 g/mol. The van der Waals surface area contributed by atoms with Crippen molar-refractivity contribution in [1.29, 1.82) is 0 Å². The van der Waals surface area contributed by atoms with Crippen LogP contribution in [0, 0.1) is 5.92 Å². The minimum atomic E-state index is -0.618. The van der Waals surface area contributed by atoms with Crippen LogP contribution >= 0.6 is 0 Å². The number of aromatic amines is 1. The number of nitrogens with one attached hydrogen (secondary N) is 2. The van der Waals surface area contributed by atoms with Crippen LogP contribution in [0.3, 0.4) is 0 Å². The third-order valence-electron chi connectivity index (χ3n) is 3.72. The molecule has 0 aromatic carbocycles. The maximum atomic E-state index is 11.0. The van der Waals surface area contributed by atoms with Gasteiger partial charge in [-0.25, -0.2) is 10.2 Å². The number of rotatable bonds is 5. The van der Waals surface area contributed by atoms with Gasteiger partial charge >= 0.3 is 0 Å². The van der Waals surface area contributed by atoms with Crippen molar-refractivity contribution in [2.24, 2.45) is 5.92 Å². The Hall–Kier alpha value is -3.00. The Kier molecular flexibility index (Phi) is 4.39. The molecule has 0 radical (unpaired) electrons. The molecule has 3 aromatic heterocycles. The van der Waals surface area contributed by atoms with Crippen LogP contribution in [0.2, 0.25) is 0 Å². The van der Waals surface area contributed by atoms with E-state index >= 15 is 0 Å². The SMILES string of the molecule is CC(C)C(c1cc2cnccc2[nH]1)n1cc(C=CC(=O)NO)nn1. The first-order chi connectivity index (χ1) is 11.6. The normalized spacial score (nSPS) is 13.0. The highest BCUT2D eigenvalue weighted by molar-refractivity contribution is 5.90. The minimum Gasteiger partial charge on any atom is -0.357 e. The zero-order chi connectivity index (χ0) is 17.1. The molecule has 0 bridgehead atoms. The Morgan fingerprint density at radius 2 is 2.29 bits per heavy atom. The molecule has 0 aliphatic heterocycles. The highest BCUT2D eigenvalue weighted by Crippen LogP contribution is 2.28. The smallest absolute Gasteiger partial charge is 0.267 e. The van der Waals surface area contributed by atoms with E-state index in [-0.39, 0.29) is 12.0 Å². The summed E-state index contributed by atoms with van der Waals surface area (Å²) < 4.78 is 1.76. The number of H-pyrrole nitrogens is 1. The second-order valence-corrected chi connectivity index (χ2v) is 5.81. The zero-order valence-electron chi connectivity index (χ0n) is 13.3. The van der Waals surface area contributed by atoms with E-state index in [1.807, 2.05) is 12.3 Å². The van der Waals surface area contributed by atoms with Gasteiger partial charge in [0.15, 0.2) is 0 Å². The van der Waals surface area contributed by atoms with Gasteiger partial charge in [-0.2, -0.15) is 0 Å². The number of carbonyl (C=O) groups excluding carboxylic acids is 1. The monoisotopic (exact) mass is 326 g/mol. The summed E-state index contributed by atoms with van der Waals surface area (Å²) in [6.07, 6.45) is 8.00. The fourth-order valence-corrected chi connectivity index (χ4v) is 2.66. The van der Waals surface area contributed by atoms with Crippen molar-refractivity contribution in [1.82, 2.24) is 30.4 Å². The van der Waals surface area contributed by atoms with Crippen LogP contribution in [0.5, 0.6) is 0 Å². The third kappa shape index (κ3) is 3.18. The van der Waals surface area contributed by atoms with E-state index in [1.54, 1.807) is 17.1 Å². The van der Waals surface area contributed by atoms with Crippen molar-refractivity contribution in [3.05, 3.63) is 48.2 Å². The number of amides is 1. The van der Waals surface area contributed by atoms with Gasteiger partial charge < -0.3 is 4.98 Å². The van der Waals surface area contributed by atoms with Crippen LogP contribution < -0.4 is 5.48 Å². The van der Waals surface area contributed by atoms with E-state index in [0.717, 1.165) is 16.6 Å². The molecule has 3 rings (SSSR count). The standard InChI is InChI=1S/C16H18N6O2/c1-10(2)16(14-7-11-8-17-6-5-13(11)18-14)22-9-12(19-21-22)3-4-15(23)20-24/h3-10,16,18,24H,1-2H3,(H,20,23). The van der Waals surface area contributed by atoms with E-state index in [4.69, 9.17) is 5.21 Å². The molecule has 3 aromatic rings. The van der Waals surface area contributed by atoms with Crippen molar-refractivity contribution < 1.29 is 10.0 Å². The lowest BCUT2D eigenvalue weighted by Crippen LogP contribution is -2.17. The number of hydroxylamine groups is 1. The number of aromatic nitrogens is 5. The third-order valence-corrected chi connectivity index (χ3v) is 3.72. The van der Waals surface area contributed by atoms with Gasteiger partial charge in [-0.1, -0.05) is 19.1 Å². The molecule has 1 amide bonds. The molecule has 1 atom stereocenters. The summed E-state index contributed by atoms with van der Waals surface area (Å²) in [7, 11) is 0. The predicted molar refractivity (Wildman–Crippen MR) is 88.1 cm³/mol. The van der Waals surface area contributed by atoms with Crippen molar-refractivity contribution in [2.45, 2.75) is 19.9 Å². The Morgan fingerprint density at radius 1 is 1.46 bits per heavy atom. The maximum Gasteiger partial charge on any atom is 0.267 e. The number of carbonyl (C=O) groups is 1. The van der Waals surface area contributed by atoms with E-state index in [1.165, 1.54) is 17.6 Å². The molecular formula is C16H18N6O2. The number of hydrogen-bond acceptors (Lipinski definition) is 5. The van der Waals surface area contributed by atoms with Gasteiger partial charge in [-0.3, -0.25) is 15.0 Å². The van der Waals surface area contributed by atoms with Gasteiger partial charge in [0.2, 0.25) is 0 Å². The largest absolute Gasteiger partial charge is 0.357 e. The number of pyridine rings is 1. The van der Waals surface area contributed by atoms with Crippen LogP contribution in [-0.4, -0.2) is 36.1 Å². The van der Waals surface area contributed by atoms with Crippen LogP contribution in [0.15, 0.2) is 36.8 Å². The molecule has 0 saturated heterocycles. The Morgan fingerprint density at radius 3 is 3.00 bits per heavy atom. The molecule has 0 spiro atoms. The molecule has 1 unspecified atom stereocenters. The fraction of sp³-hybridized carbons (Fsp3) is 0.250. The summed E-state index contributed by atoms with van der Waals surface area (Å²) in [5, 5.41) is 17.8. The van der Waals surface area contributed by atoms with Crippen molar-refractivity contribution >= 4 is 22.9 Å². The summed E-state index contributed by atoms with van der Waals surface area (Å²) >= 11 is 0. The lowest BCUT2D eigenvalue weighted by Gasteiger charge is -2.19. The van der Waals surface area contributed by atoms with E-state index < -0.39 is 5.91 Å². The lowest BCUT2D eigenvalue weighted by atomic mass is 10.0. The number of hydrogen-bond donors (Lipinski definition) is 3. The Balaban J connectivity index is 1.93. The summed E-state index contributed by atoms with van der Waals surface area (Å²) in [6, 6.07) is 3.96. The summed E-state index contributed by atoms with van der Waals surface area (Å²) in [6.45, 7) is 4.20. The van der Waals surface area contributed by atoms with Gasteiger partial charge in [0.05, 0.1) is 12.2 Å². The summed E-state index contributed by atoms with van der Waals surface area (Å²) in [4.78, 5) is 18.6. The molecule has 124 valence electrons. The van der Waals surface area contributed by atoms with Gasteiger partial charge in [-0.15, -0.1) is 5.10 Å². The average Bonchev–Trinajstić information content (AvgIpc) is 3.19. The molecule has 0 fully saturated rings. The molecule has 8 nitrogen and oxygen atoms in total. The predicted octanol–water partition coefficient (Wildman–Crippen LogP) is 1.92. The maximum absolute atomic E-state index is 11.0. The van der Waals surface area contributed by atoms with Crippen LogP contribution in [-0.2, 0) is 4.79 Å². The topological polar surface area (TPSA) is 109 Å². The Labute approximate surface area is 138 Å². The second-order valence-electron chi connectivity index (χ2n) is 5.81. The van der Waals surface area contributed by atoms with Crippen molar-refractivity contribution in [2.75, 3.05) is 0 Å².